The fourth-order valence-electron chi connectivity index (χ4n) is 1.63. The van der Waals surface area contributed by atoms with Gasteiger partial charge >= 0.3 is 0 Å². The van der Waals surface area contributed by atoms with Gasteiger partial charge in [-0.15, -0.1) is 0 Å². The highest BCUT2D eigenvalue weighted by atomic mass is 35.5. The Hall–Kier alpha value is -1.36. The molecule has 1 aromatic rings. The number of hydrogen-bond donors (Lipinski definition) is 1. The maximum absolute atomic E-state index is 12.0. The van der Waals surface area contributed by atoms with E-state index in [0.29, 0.717) is 5.82 Å². The molecule has 1 heterocycles. The van der Waals surface area contributed by atoms with Crippen molar-refractivity contribution in [3.05, 3.63) is 27.4 Å². The van der Waals surface area contributed by atoms with Crippen molar-refractivity contribution in [2.24, 2.45) is 0 Å². The topological polar surface area (TPSA) is 64.0 Å². The highest BCUT2D eigenvalue weighted by Crippen LogP contribution is 2.10. The van der Waals surface area contributed by atoms with Gasteiger partial charge in [-0.2, -0.15) is 0 Å². The molecule has 0 aliphatic heterocycles. The molecule has 1 unspecified atom stereocenters. The summed E-state index contributed by atoms with van der Waals surface area (Å²) >= 11 is 5.69. The zero-order valence-electron chi connectivity index (χ0n) is 11.2. The molecule has 1 amide bonds. The molecule has 0 bridgehead atoms. The summed E-state index contributed by atoms with van der Waals surface area (Å²) in [6, 6.07) is 0.580. The van der Waals surface area contributed by atoms with Gasteiger partial charge in [0.1, 0.15) is 17.0 Å². The lowest BCUT2D eigenvalue weighted by Crippen LogP contribution is -2.45. The van der Waals surface area contributed by atoms with Gasteiger partial charge in [-0.1, -0.05) is 11.6 Å². The first-order valence-electron chi connectivity index (χ1n) is 5.69. The van der Waals surface area contributed by atoms with Crippen LogP contribution in [0.4, 0.5) is 0 Å². The lowest BCUT2D eigenvalue weighted by atomic mass is 10.1. The summed E-state index contributed by atoms with van der Waals surface area (Å²) in [7, 11) is 0. The Morgan fingerprint density at radius 3 is 2.50 bits per heavy atom. The molecule has 0 saturated carbocycles. The Morgan fingerprint density at radius 1 is 1.50 bits per heavy atom. The van der Waals surface area contributed by atoms with Gasteiger partial charge in [0.25, 0.3) is 5.56 Å². The smallest absolute Gasteiger partial charge is 0.255 e. The SMILES string of the molecule is Cc1nc(Cl)cc(=O)n1C(C)C(=O)NC(C)(C)C. The van der Waals surface area contributed by atoms with Crippen LogP contribution < -0.4 is 10.9 Å². The molecule has 0 aliphatic carbocycles. The van der Waals surface area contributed by atoms with E-state index in [1.54, 1.807) is 13.8 Å². The van der Waals surface area contributed by atoms with Gasteiger partial charge in [-0.25, -0.2) is 4.98 Å². The molecule has 0 fully saturated rings. The Bertz CT molecular complexity index is 517. The predicted octanol–water partition coefficient (Wildman–Crippen LogP) is 1.68. The first kappa shape index (κ1) is 14.7. The van der Waals surface area contributed by atoms with Crippen LogP contribution in [0.5, 0.6) is 0 Å². The van der Waals surface area contributed by atoms with E-state index in [9.17, 15) is 9.59 Å². The van der Waals surface area contributed by atoms with E-state index in [1.807, 2.05) is 20.8 Å². The number of carbonyl (C=O) groups is 1. The summed E-state index contributed by atoms with van der Waals surface area (Å²) in [6.07, 6.45) is 0. The van der Waals surface area contributed by atoms with E-state index in [4.69, 9.17) is 11.6 Å². The average Bonchev–Trinajstić information content (AvgIpc) is 2.12. The summed E-state index contributed by atoms with van der Waals surface area (Å²) in [5.74, 6) is 0.195. The van der Waals surface area contributed by atoms with Crippen LogP contribution in [0.3, 0.4) is 0 Å². The molecule has 1 atom stereocenters. The van der Waals surface area contributed by atoms with E-state index in [1.165, 1.54) is 10.6 Å². The van der Waals surface area contributed by atoms with Gasteiger partial charge in [-0.3, -0.25) is 14.2 Å². The van der Waals surface area contributed by atoms with Gasteiger partial charge in [-0.05, 0) is 34.6 Å². The van der Waals surface area contributed by atoms with Gasteiger partial charge in [0.05, 0.1) is 0 Å². The lowest BCUT2D eigenvalue weighted by molar-refractivity contribution is -0.125. The Balaban J connectivity index is 3.09. The molecule has 1 aromatic heterocycles. The number of nitrogens with zero attached hydrogens (tertiary/aromatic N) is 2. The molecular weight excluding hydrogens is 254 g/mol. The highest BCUT2D eigenvalue weighted by molar-refractivity contribution is 6.29. The minimum Gasteiger partial charge on any atom is -0.350 e. The van der Waals surface area contributed by atoms with Gasteiger partial charge in [0, 0.05) is 11.6 Å². The minimum atomic E-state index is -0.624. The number of rotatable bonds is 2. The standard InChI is InChI=1S/C12H18ClN3O2/c1-7(11(18)15-12(3,4)5)16-8(2)14-9(13)6-10(16)17/h6-7H,1-5H3,(H,15,18). The second-order valence-corrected chi connectivity index (χ2v) is 5.64. The number of amides is 1. The Morgan fingerprint density at radius 2 is 2.06 bits per heavy atom. The monoisotopic (exact) mass is 271 g/mol. The van der Waals surface area contributed by atoms with Crippen LogP contribution in [0.15, 0.2) is 10.9 Å². The van der Waals surface area contributed by atoms with Crippen molar-refractivity contribution >= 4 is 17.5 Å². The first-order chi connectivity index (χ1) is 8.11. The van der Waals surface area contributed by atoms with Crippen molar-refractivity contribution in [3.8, 4) is 0 Å². The van der Waals surface area contributed by atoms with Crippen molar-refractivity contribution in [3.63, 3.8) is 0 Å². The normalized spacial score (nSPS) is 13.2. The van der Waals surface area contributed by atoms with Crippen LogP contribution in [-0.4, -0.2) is 21.0 Å². The quantitative estimate of drug-likeness (QED) is 0.833. The number of hydrogen-bond acceptors (Lipinski definition) is 3. The van der Waals surface area contributed by atoms with E-state index < -0.39 is 6.04 Å². The van der Waals surface area contributed by atoms with Gasteiger partial charge in [0.2, 0.25) is 5.91 Å². The summed E-state index contributed by atoms with van der Waals surface area (Å²) in [5.41, 5.74) is -0.674. The number of nitrogens with one attached hydrogen (secondary N) is 1. The highest BCUT2D eigenvalue weighted by Gasteiger charge is 2.22. The zero-order valence-corrected chi connectivity index (χ0v) is 12.0. The van der Waals surface area contributed by atoms with Crippen LogP contribution in [0, 0.1) is 6.92 Å². The molecule has 0 radical (unpaired) electrons. The largest absolute Gasteiger partial charge is 0.350 e. The summed E-state index contributed by atoms with van der Waals surface area (Å²) in [4.78, 5) is 27.8. The van der Waals surface area contributed by atoms with Crippen molar-refractivity contribution in [1.29, 1.82) is 0 Å². The van der Waals surface area contributed by atoms with E-state index in [2.05, 4.69) is 10.3 Å². The van der Waals surface area contributed by atoms with Crippen LogP contribution in [0.25, 0.3) is 0 Å². The van der Waals surface area contributed by atoms with Gasteiger partial charge in [0.15, 0.2) is 0 Å². The molecule has 0 saturated heterocycles. The third-order valence-electron chi connectivity index (χ3n) is 2.36. The number of halogens is 1. The van der Waals surface area contributed by atoms with Crippen LogP contribution >= 0.6 is 11.6 Å². The maximum atomic E-state index is 12.0. The number of aryl methyl sites for hydroxylation is 1. The lowest BCUT2D eigenvalue weighted by Gasteiger charge is -2.24. The average molecular weight is 272 g/mol. The summed E-state index contributed by atoms with van der Waals surface area (Å²) in [6.45, 7) is 8.95. The first-order valence-corrected chi connectivity index (χ1v) is 6.07. The molecule has 5 nitrogen and oxygen atoms in total. The summed E-state index contributed by atoms with van der Waals surface area (Å²) in [5, 5.41) is 2.96. The summed E-state index contributed by atoms with van der Waals surface area (Å²) < 4.78 is 1.33. The molecule has 6 heteroatoms. The molecule has 0 aliphatic rings. The van der Waals surface area contributed by atoms with Crippen molar-refractivity contribution in [1.82, 2.24) is 14.9 Å². The zero-order chi connectivity index (χ0) is 14.1. The molecule has 18 heavy (non-hydrogen) atoms. The second-order valence-electron chi connectivity index (χ2n) is 5.25. The number of carbonyl (C=O) groups excluding carboxylic acids is 1. The molecule has 0 aromatic carbocycles. The minimum absolute atomic E-state index is 0.136. The van der Waals surface area contributed by atoms with E-state index >= 15 is 0 Å². The predicted molar refractivity (Wildman–Crippen MR) is 70.9 cm³/mol. The van der Waals surface area contributed by atoms with Crippen molar-refractivity contribution < 1.29 is 4.79 Å². The Kier molecular flexibility index (Phi) is 4.16. The van der Waals surface area contributed by atoms with Crippen LogP contribution in [0.1, 0.15) is 39.6 Å². The fraction of sp³-hybridized carbons (Fsp3) is 0.583. The van der Waals surface area contributed by atoms with Crippen molar-refractivity contribution in [2.75, 3.05) is 0 Å². The third-order valence-corrected chi connectivity index (χ3v) is 2.56. The van der Waals surface area contributed by atoms with Crippen LogP contribution in [0.2, 0.25) is 5.15 Å². The third kappa shape index (κ3) is 3.57. The second kappa shape index (κ2) is 5.10. The van der Waals surface area contributed by atoms with E-state index in [-0.39, 0.29) is 22.2 Å². The molecule has 100 valence electrons. The maximum Gasteiger partial charge on any atom is 0.255 e. The van der Waals surface area contributed by atoms with Crippen molar-refractivity contribution in [2.45, 2.75) is 46.2 Å². The van der Waals surface area contributed by atoms with Crippen LogP contribution in [-0.2, 0) is 4.79 Å². The Labute approximate surface area is 111 Å². The molecule has 1 N–H and O–H groups in total. The molecule has 1 rings (SSSR count). The number of aromatic nitrogens is 2. The fourth-order valence-corrected chi connectivity index (χ4v) is 1.85. The molecular formula is C12H18ClN3O2. The van der Waals surface area contributed by atoms with Gasteiger partial charge < -0.3 is 5.32 Å². The molecule has 0 spiro atoms. The van der Waals surface area contributed by atoms with E-state index in [0.717, 1.165) is 0 Å².